The number of hydrogen-bond acceptors (Lipinski definition) is 8. The predicted molar refractivity (Wildman–Crippen MR) is 143 cm³/mol. The molecule has 1 unspecified atom stereocenters. The fourth-order valence-corrected chi connectivity index (χ4v) is 4.41. The molecular weight excluding hydrogens is 527 g/mol. The Morgan fingerprint density at radius 3 is 2.60 bits per heavy atom. The van der Waals surface area contributed by atoms with Crippen LogP contribution in [0.4, 0.5) is 18.9 Å². The van der Waals surface area contributed by atoms with Gasteiger partial charge in [0.2, 0.25) is 11.8 Å². The molecule has 3 heterocycles. The van der Waals surface area contributed by atoms with Gasteiger partial charge in [0.25, 0.3) is 5.91 Å². The second-order valence-electron chi connectivity index (χ2n) is 9.67. The van der Waals surface area contributed by atoms with Crippen LogP contribution >= 0.6 is 0 Å². The lowest BCUT2D eigenvalue weighted by molar-refractivity contribution is -0.137. The van der Waals surface area contributed by atoms with E-state index in [1.807, 2.05) is 0 Å². The Labute approximate surface area is 228 Å². The maximum atomic E-state index is 13.0. The third kappa shape index (κ3) is 6.85. The Balaban J connectivity index is 1.15. The molecule has 3 aliphatic rings. The van der Waals surface area contributed by atoms with Crippen LogP contribution < -0.4 is 15.4 Å². The number of benzene rings is 2. The van der Waals surface area contributed by atoms with Crippen molar-refractivity contribution in [3.63, 3.8) is 0 Å². The minimum absolute atomic E-state index is 0.0906. The van der Waals surface area contributed by atoms with Crippen molar-refractivity contribution in [2.24, 2.45) is 10.1 Å². The summed E-state index contributed by atoms with van der Waals surface area (Å²) in [5.74, 6) is 0.454. The number of rotatable bonds is 6. The summed E-state index contributed by atoms with van der Waals surface area (Å²) in [7, 11) is 2.06. The zero-order valence-corrected chi connectivity index (χ0v) is 21.7. The number of aliphatic imine (C=N–C) groups is 1. The van der Waals surface area contributed by atoms with Crippen LogP contribution in [0.5, 0.6) is 5.75 Å². The van der Waals surface area contributed by atoms with Gasteiger partial charge in [-0.25, -0.2) is 10.0 Å². The molecule has 1 fully saturated rings. The van der Waals surface area contributed by atoms with Gasteiger partial charge in [-0.15, -0.1) is 5.10 Å². The maximum Gasteiger partial charge on any atom is 0.416 e. The second kappa shape index (κ2) is 11.5. The van der Waals surface area contributed by atoms with Crippen molar-refractivity contribution in [2.75, 3.05) is 51.6 Å². The fourth-order valence-electron chi connectivity index (χ4n) is 4.41. The highest BCUT2D eigenvalue weighted by Crippen LogP contribution is 2.30. The minimum Gasteiger partial charge on any atom is -0.438 e. The topological polar surface area (TPSA) is 102 Å². The summed E-state index contributed by atoms with van der Waals surface area (Å²) in [6.07, 6.45) is -1.61. The molecule has 2 aromatic carbocycles. The molecule has 0 radical (unpaired) electrons. The molecule has 40 heavy (non-hydrogen) atoms. The van der Waals surface area contributed by atoms with Crippen LogP contribution in [0.3, 0.4) is 0 Å². The Morgan fingerprint density at radius 1 is 1.05 bits per heavy atom. The number of alkyl halides is 3. The molecule has 0 aromatic heterocycles. The zero-order chi connectivity index (χ0) is 28.3. The van der Waals surface area contributed by atoms with Gasteiger partial charge >= 0.3 is 6.18 Å². The fraction of sp³-hybridized carbons (Fsp3) is 0.333. The third-order valence-corrected chi connectivity index (χ3v) is 6.55. The number of nitrogens with zero attached hydrogens (tertiary/aromatic N) is 5. The minimum atomic E-state index is -4.55. The van der Waals surface area contributed by atoms with E-state index in [4.69, 9.17) is 4.74 Å². The highest BCUT2D eigenvalue weighted by Gasteiger charge is 2.31. The van der Waals surface area contributed by atoms with Crippen molar-refractivity contribution in [3.05, 3.63) is 71.8 Å². The summed E-state index contributed by atoms with van der Waals surface area (Å²) < 4.78 is 44.8. The molecule has 0 bridgehead atoms. The van der Waals surface area contributed by atoms with E-state index >= 15 is 0 Å². The first-order valence-electron chi connectivity index (χ1n) is 12.7. The van der Waals surface area contributed by atoms with E-state index in [0.717, 1.165) is 38.3 Å². The van der Waals surface area contributed by atoms with E-state index in [2.05, 4.69) is 37.6 Å². The van der Waals surface area contributed by atoms with Crippen molar-refractivity contribution >= 4 is 29.2 Å². The quantitative estimate of drug-likeness (QED) is 0.569. The molecule has 2 aromatic rings. The predicted octanol–water partition coefficient (Wildman–Crippen LogP) is 2.62. The van der Waals surface area contributed by atoms with Crippen molar-refractivity contribution in [2.45, 2.75) is 12.3 Å². The molecule has 210 valence electrons. The number of amides is 2. The van der Waals surface area contributed by atoms with Gasteiger partial charge in [0, 0.05) is 49.6 Å². The highest BCUT2D eigenvalue weighted by atomic mass is 19.4. The summed E-state index contributed by atoms with van der Waals surface area (Å²) in [4.78, 5) is 33.9. The number of anilines is 1. The van der Waals surface area contributed by atoms with Gasteiger partial charge in [-0.3, -0.25) is 14.5 Å². The van der Waals surface area contributed by atoms with Gasteiger partial charge in [0.1, 0.15) is 17.8 Å². The lowest BCUT2D eigenvalue weighted by atomic mass is 10.1. The van der Waals surface area contributed by atoms with Gasteiger partial charge in [0.05, 0.1) is 18.7 Å². The van der Waals surface area contributed by atoms with Crippen LogP contribution in [0, 0.1) is 0 Å². The lowest BCUT2D eigenvalue weighted by Gasteiger charge is -2.31. The lowest BCUT2D eigenvalue weighted by Crippen LogP contribution is -2.49. The Morgan fingerprint density at radius 2 is 1.82 bits per heavy atom. The maximum absolute atomic E-state index is 13.0. The van der Waals surface area contributed by atoms with E-state index in [1.54, 1.807) is 35.4 Å². The van der Waals surface area contributed by atoms with Crippen LogP contribution in [0.25, 0.3) is 0 Å². The Hall–Kier alpha value is -4.23. The van der Waals surface area contributed by atoms with Gasteiger partial charge in [0.15, 0.2) is 0 Å². The van der Waals surface area contributed by atoms with Crippen molar-refractivity contribution in [1.29, 1.82) is 0 Å². The first-order chi connectivity index (χ1) is 19.1. The van der Waals surface area contributed by atoms with Crippen LogP contribution in [0.2, 0.25) is 0 Å². The molecule has 13 heteroatoms. The molecule has 1 saturated heterocycles. The standard InChI is InChI=1S/C27H28F3N7O3/c1-35-10-12-36(13-11-35)17-24(38)33-22-16-37-23(32-22)8-9-25(34-37)40-21-7-3-6-20(15-21)31-26(39)18-4-2-5-19(14-18)27(28,29)30/h2-9,14-15,22H,10-13,16-17H2,1H3,(H,31,39)(H,33,38). The number of ether oxygens (including phenoxy) is 1. The SMILES string of the molecule is CN1CCN(CC(=O)NC2CN3N=C(Oc4cccc(NC(=O)c5cccc(C(F)(F)F)c5)c4)C=CC3=N2)CC1. The summed E-state index contributed by atoms with van der Waals surface area (Å²) in [6, 6.07) is 10.6. The number of carbonyl (C=O) groups is 2. The molecule has 0 aliphatic carbocycles. The Kier molecular flexibility index (Phi) is 7.85. The molecule has 3 aliphatic heterocycles. The van der Waals surface area contributed by atoms with Crippen LogP contribution in [-0.2, 0) is 11.0 Å². The number of amidine groups is 1. The molecule has 1 atom stereocenters. The van der Waals surface area contributed by atoms with Crippen molar-refractivity contribution in [3.8, 4) is 5.75 Å². The van der Waals surface area contributed by atoms with Gasteiger partial charge in [-0.1, -0.05) is 12.1 Å². The monoisotopic (exact) mass is 555 g/mol. The molecule has 10 nitrogen and oxygen atoms in total. The van der Waals surface area contributed by atoms with E-state index in [0.29, 0.717) is 30.4 Å². The first-order valence-corrected chi connectivity index (χ1v) is 12.7. The number of halogens is 3. The number of hydrazone groups is 1. The number of piperazine rings is 1. The number of hydrogen-bond donors (Lipinski definition) is 2. The molecule has 2 amide bonds. The largest absolute Gasteiger partial charge is 0.438 e. The molecule has 0 spiro atoms. The van der Waals surface area contributed by atoms with E-state index in [9.17, 15) is 22.8 Å². The smallest absolute Gasteiger partial charge is 0.416 e. The second-order valence-corrected chi connectivity index (χ2v) is 9.67. The van der Waals surface area contributed by atoms with Crippen molar-refractivity contribution < 1.29 is 27.5 Å². The van der Waals surface area contributed by atoms with E-state index in [-0.39, 0.29) is 17.4 Å². The van der Waals surface area contributed by atoms with Gasteiger partial charge in [-0.2, -0.15) is 13.2 Å². The van der Waals surface area contributed by atoms with Gasteiger partial charge < -0.3 is 20.3 Å². The van der Waals surface area contributed by atoms with E-state index in [1.165, 1.54) is 18.2 Å². The highest BCUT2D eigenvalue weighted by molar-refractivity contribution is 6.05. The van der Waals surface area contributed by atoms with E-state index < -0.39 is 23.8 Å². The zero-order valence-electron chi connectivity index (χ0n) is 21.7. The van der Waals surface area contributed by atoms with Crippen LogP contribution in [-0.4, -0.2) is 90.8 Å². The normalized spacial score (nSPS) is 19.5. The van der Waals surface area contributed by atoms with Gasteiger partial charge in [-0.05, 0) is 43.5 Å². The molecular formula is C27H28F3N7O3. The number of nitrogens with one attached hydrogen (secondary N) is 2. The molecule has 5 rings (SSSR count). The summed E-state index contributed by atoms with van der Waals surface area (Å²) in [5, 5.41) is 11.6. The summed E-state index contributed by atoms with van der Waals surface area (Å²) in [5.41, 5.74) is -0.681. The average molecular weight is 556 g/mol. The van der Waals surface area contributed by atoms with Crippen LogP contribution in [0.15, 0.2) is 70.8 Å². The summed E-state index contributed by atoms with van der Waals surface area (Å²) in [6.45, 7) is 4.23. The third-order valence-electron chi connectivity index (χ3n) is 6.55. The first kappa shape index (κ1) is 27.3. The number of carbonyl (C=O) groups excluding carboxylic acids is 2. The number of fused-ring (bicyclic) bond motifs is 1. The number of likely N-dealkylation sites (N-methyl/N-ethyl adjacent to an activating group) is 1. The van der Waals surface area contributed by atoms with Crippen molar-refractivity contribution in [1.82, 2.24) is 20.1 Å². The molecule has 2 N–H and O–H groups in total. The molecule has 0 saturated carbocycles. The van der Waals surface area contributed by atoms with Crippen LogP contribution in [0.1, 0.15) is 15.9 Å². The average Bonchev–Trinajstić information content (AvgIpc) is 3.31. The Bertz CT molecular complexity index is 1370. The summed E-state index contributed by atoms with van der Waals surface area (Å²) >= 11 is 0.